The quantitative estimate of drug-likeness (QED) is 0.727. The van der Waals surface area contributed by atoms with Crippen LogP contribution in [0.2, 0.25) is 0 Å². The van der Waals surface area contributed by atoms with E-state index in [2.05, 4.69) is 31.9 Å². The Morgan fingerprint density at radius 2 is 1.79 bits per heavy atom. The molecule has 0 radical (unpaired) electrons. The molecule has 1 aromatic rings. The van der Waals surface area contributed by atoms with E-state index in [1.54, 1.807) is 0 Å². The summed E-state index contributed by atoms with van der Waals surface area (Å²) in [5.74, 6) is 0.876. The van der Waals surface area contributed by atoms with Crippen molar-refractivity contribution in [2.45, 2.75) is 24.3 Å². The highest BCUT2D eigenvalue weighted by Crippen LogP contribution is 2.37. The van der Waals surface area contributed by atoms with Crippen LogP contribution in [0.5, 0.6) is 5.75 Å². The predicted molar refractivity (Wildman–Crippen MR) is 65.1 cm³/mol. The fraction of sp³-hybridized carbons (Fsp3) is 0.400. The summed E-state index contributed by atoms with van der Waals surface area (Å²) in [5, 5.41) is 0.293. The molecule has 0 spiro atoms. The van der Waals surface area contributed by atoms with Gasteiger partial charge < -0.3 is 4.74 Å². The summed E-state index contributed by atoms with van der Waals surface area (Å²) in [7, 11) is 0. The fourth-order valence-electron chi connectivity index (χ4n) is 1.36. The number of hydrogen-bond acceptors (Lipinski definition) is 1. The lowest BCUT2D eigenvalue weighted by Gasteiger charge is -2.31. The van der Waals surface area contributed by atoms with E-state index < -0.39 is 0 Å². The van der Waals surface area contributed by atoms with Gasteiger partial charge in [0.1, 0.15) is 11.9 Å². The zero-order valence-corrected chi connectivity index (χ0v) is 11.3. The molecule has 4 heteroatoms. The average molecular weight is 340 g/mol. The molecule has 0 aliphatic heterocycles. The Labute approximate surface area is 105 Å². The first-order valence-corrected chi connectivity index (χ1v) is 6.44. The number of rotatable bonds is 2. The van der Waals surface area contributed by atoms with Crippen LogP contribution in [0, 0.1) is 0 Å². The predicted octanol–water partition coefficient (Wildman–Crippen LogP) is 4.36. The molecule has 0 amide bonds. The molecule has 76 valence electrons. The van der Waals surface area contributed by atoms with E-state index in [0.29, 0.717) is 5.38 Å². The minimum Gasteiger partial charge on any atom is -0.488 e. The van der Waals surface area contributed by atoms with Gasteiger partial charge in [-0.15, -0.1) is 11.6 Å². The highest BCUT2D eigenvalue weighted by molar-refractivity contribution is 9.11. The Bertz CT molecular complexity index is 317. The van der Waals surface area contributed by atoms with E-state index in [4.69, 9.17) is 16.3 Å². The Balaban J connectivity index is 2.09. The molecule has 1 saturated carbocycles. The van der Waals surface area contributed by atoms with Crippen LogP contribution in [0.1, 0.15) is 12.8 Å². The van der Waals surface area contributed by atoms with Crippen LogP contribution in [0.3, 0.4) is 0 Å². The van der Waals surface area contributed by atoms with Crippen molar-refractivity contribution >= 4 is 43.5 Å². The van der Waals surface area contributed by atoms with Gasteiger partial charge in [-0.25, -0.2) is 0 Å². The van der Waals surface area contributed by atoms with Crippen LogP contribution in [0.25, 0.3) is 0 Å². The molecule has 0 unspecified atom stereocenters. The number of hydrogen-bond donors (Lipinski definition) is 0. The van der Waals surface area contributed by atoms with Gasteiger partial charge in [0.05, 0.1) is 8.95 Å². The third-order valence-electron chi connectivity index (χ3n) is 2.24. The van der Waals surface area contributed by atoms with Crippen molar-refractivity contribution in [2.75, 3.05) is 0 Å². The zero-order chi connectivity index (χ0) is 10.1. The fourth-order valence-corrected chi connectivity index (χ4v) is 2.94. The molecular weight excluding hydrogens is 331 g/mol. The maximum Gasteiger partial charge on any atom is 0.148 e. The third-order valence-corrected chi connectivity index (χ3v) is 3.85. The van der Waals surface area contributed by atoms with Crippen molar-refractivity contribution in [2.24, 2.45) is 0 Å². The summed E-state index contributed by atoms with van der Waals surface area (Å²) in [4.78, 5) is 0. The van der Waals surface area contributed by atoms with E-state index in [-0.39, 0.29) is 6.10 Å². The number of alkyl halides is 1. The van der Waals surface area contributed by atoms with Crippen molar-refractivity contribution < 1.29 is 4.74 Å². The Morgan fingerprint density at radius 3 is 2.29 bits per heavy atom. The minimum absolute atomic E-state index is 0.271. The maximum atomic E-state index is 5.89. The number of halogens is 3. The lowest BCUT2D eigenvalue weighted by atomic mass is 9.95. The minimum atomic E-state index is 0.271. The number of para-hydroxylation sites is 1. The summed E-state index contributed by atoms with van der Waals surface area (Å²) >= 11 is 12.8. The van der Waals surface area contributed by atoms with Crippen LogP contribution in [-0.4, -0.2) is 11.5 Å². The zero-order valence-electron chi connectivity index (χ0n) is 7.34. The molecule has 0 atom stereocenters. The van der Waals surface area contributed by atoms with Gasteiger partial charge >= 0.3 is 0 Å². The normalized spacial score (nSPS) is 25.6. The van der Waals surface area contributed by atoms with Gasteiger partial charge in [-0.3, -0.25) is 0 Å². The van der Waals surface area contributed by atoms with Crippen LogP contribution in [0.15, 0.2) is 27.1 Å². The standard InChI is InChI=1S/C10H9Br2ClO/c11-8-2-1-3-9(12)10(8)14-7-4-6(13)5-7/h1-3,6-7H,4-5H2. The Hall–Kier alpha value is 0.270. The second-order valence-corrected chi connectivity index (χ2v) is 5.69. The summed E-state index contributed by atoms with van der Waals surface area (Å²) in [6, 6.07) is 5.90. The van der Waals surface area contributed by atoms with Gasteiger partial charge in [0, 0.05) is 18.2 Å². The first-order chi connectivity index (χ1) is 6.66. The number of ether oxygens (including phenoxy) is 1. The highest BCUT2D eigenvalue weighted by Gasteiger charge is 2.29. The van der Waals surface area contributed by atoms with Crippen molar-refractivity contribution in [3.05, 3.63) is 27.1 Å². The van der Waals surface area contributed by atoms with Gasteiger partial charge in [-0.1, -0.05) is 6.07 Å². The molecular formula is C10H9Br2ClO. The molecule has 1 fully saturated rings. The largest absolute Gasteiger partial charge is 0.488 e. The Kier molecular flexibility index (Phi) is 3.40. The lowest BCUT2D eigenvalue weighted by Crippen LogP contribution is -2.34. The van der Waals surface area contributed by atoms with Gasteiger partial charge in [0.25, 0.3) is 0 Å². The van der Waals surface area contributed by atoms with E-state index in [0.717, 1.165) is 27.5 Å². The molecule has 0 saturated heterocycles. The molecule has 1 aliphatic carbocycles. The molecule has 1 aliphatic rings. The first kappa shape index (κ1) is 10.8. The molecule has 14 heavy (non-hydrogen) atoms. The van der Waals surface area contributed by atoms with Crippen LogP contribution in [0.4, 0.5) is 0 Å². The average Bonchev–Trinajstić information content (AvgIpc) is 2.08. The van der Waals surface area contributed by atoms with E-state index >= 15 is 0 Å². The topological polar surface area (TPSA) is 9.23 Å². The molecule has 1 nitrogen and oxygen atoms in total. The van der Waals surface area contributed by atoms with E-state index in [1.807, 2.05) is 18.2 Å². The molecule has 2 rings (SSSR count). The Morgan fingerprint density at radius 1 is 1.21 bits per heavy atom. The summed E-state index contributed by atoms with van der Waals surface area (Å²) < 4.78 is 7.76. The van der Waals surface area contributed by atoms with Crippen molar-refractivity contribution in [3.63, 3.8) is 0 Å². The van der Waals surface area contributed by atoms with Crippen molar-refractivity contribution in [1.82, 2.24) is 0 Å². The lowest BCUT2D eigenvalue weighted by molar-refractivity contribution is 0.122. The van der Waals surface area contributed by atoms with Gasteiger partial charge in [0.2, 0.25) is 0 Å². The second-order valence-electron chi connectivity index (χ2n) is 3.36. The summed E-state index contributed by atoms with van der Waals surface area (Å²) in [6.07, 6.45) is 2.15. The van der Waals surface area contributed by atoms with Crippen LogP contribution in [-0.2, 0) is 0 Å². The van der Waals surface area contributed by atoms with Gasteiger partial charge in [-0.2, -0.15) is 0 Å². The number of benzene rings is 1. The molecule has 0 aromatic heterocycles. The van der Waals surface area contributed by atoms with Crippen LogP contribution < -0.4 is 4.74 Å². The van der Waals surface area contributed by atoms with Crippen molar-refractivity contribution in [3.8, 4) is 5.75 Å². The molecule has 0 heterocycles. The van der Waals surface area contributed by atoms with E-state index in [9.17, 15) is 0 Å². The monoisotopic (exact) mass is 338 g/mol. The molecule has 1 aromatic carbocycles. The smallest absolute Gasteiger partial charge is 0.148 e. The van der Waals surface area contributed by atoms with Crippen molar-refractivity contribution in [1.29, 1.82) is 0 Å². The van der Waals surface area contributed by atoms with Gasteiger partial charge in [-0.05, 0) is 44.0 Å². The van der Waals surface area contributed by atoms with Gasteiger partial charge in [0.15, 0.2) is 0 Å². The second kappa shape index (κ2) is 4.42. The summed E-state index contributed by atoms with van der Waals surface area (Å²) in [6.45, 7) is 0. The third kappa shape index (κ3) is 2.26. The highest BCUT2D eigenvalue weighted by atomic mass is 79.9. The summed E-state index contributed by atoms with van der Waals surface area (Å²) in [5.41, 5.74) is 0. The van der Waals surface area contributed by atoms with E-state index in [1.165, 1.54) is 0 Å². The SMILES string of the molecule is ClC1CC(Oc2c(Br)cccc2Br)C1. The maximum absolute atomic E-state index is 5.89. The molecule has 0 N–H and O–H groups in total. The molecule has 0 bridgehead atoms. The first-order valence-electron chi connectivity index (χ1n) is 4.41. The van der Waals surface area contributed by atoms with Crippen LogP contribution >= 0.6 is 43.5 Å².